The summed E-state index contributed by atoms with van der Waals surface area (Å²) in [5.74, 6) is -1.15. The second kappa shape index (κ2) is 6.49. The first-order valence-corrected chi connectivity index (χ1v) is 8.73. The Bertz CT molecular complexity index is 975. The molecule has 2 aromatic heterocycles. The molecular weight excluding hydrogens is 333 g/mol. The van der Waals surface area contributed by atoms with Gasteiger partial charge in [-0.25, -0.2) is 4.98 Å². The molecule has 1 aromatic carbocycles. The molecular formula is C19H20FN5O. The number of nitrogens with zero attached hydrogens (tertiary/aromatic N) is 3. The Morgan fingerprint density at radius 3 is 2.65 bits per heavy atom. The number of hydrogen-bond acceptors (Lipinski definition) is 4. The molecule has 0 bridgehead atoms. The minimum Gasteiger partial charge on any atom is -0.364 e. The summed E-state index contributed by atoms with van der Waals surface area (Å²) in [6.45, 7) is 0. The highest BCUT2D eigenvalue weighted by Crippen LogP contribution is 2.33. The normalized spacial score (nSPS) is 20.4. The van der Waals surface area contributed by atoms with Crippen LogP contribution in [0, 0.1) is 5.95 Å². The lowest BCUT2D eigenvalue weighted by atomic mass is 9.92. The lowest BCUT2D eigenvalue weighted by Crippen LogP contribution is -2.28. The maximum atomic E-state index is 14.0. The van der Waals surface area contributed by atoms with E-state index in [1.54, 1.807) is 18.2 Å². The van der Waals surface area contributed by atoms with E-state index in [4.69, 9.17) is 11.5 Å². The number of halogens is 1. The van der Waals surface area contributed by atoms with Crippen LogP contribution >= 0.6 is 0 Å². The molecule has 0 saturated heterocycles. The predicted octanol–water partition coefficient (Wildman–Crippen LogP) is 2.78. The Labute approximate surface area is 150 Å². The fraction of sp³-hybridized carbons (Fsp3) is 0.316. The highest BCUT2D eigenvalue weighted by atomic mass is 19.1. The van der Waals surface area contributed by atoms with Gasteiger partial charge in [0.15, 0.2) is 5.69 Å². The largest absolute Gasteiger partial charge is 0.364 e. The Morgan fingerprint density at radius 1 is 1.19 bits per heavy atom. The second-order valence-electron chi connectivity index (χ2n) is 6.80. The van der Waals surface area contributed by atoms with Gasteiger partial charge in [-0.3, -0.25) is 9.48 Å². The molecule has 1 aliphatic rings. The summed E-state index contributed by atoms with van der Waals surface area (Å²) in [5, 5.41) is 5.12. The smallest absolute Gasteiger partial charge is 0.269 e. The molecule has 0 atom stereocenters. The Balaban J connectivity index is 1.84. The molecule has 7 heteroatoms. The molecule has 4 rings (SSSR count). The third-order valence-electron chi connectivity index (χ3n) is 5.10. The maximum Gasteiger partial charge on any atom is 0.269 e. The van der Waals surface area contributed by atoms with Crippen molar-refractivity contribution in [3.63, 3.8) is 0 Å². The first-order chi connectivity index (χ1) is 12.5. The van der Waals surface area contributed by atoms with Gasteiger partial charge in [-0.05, 0) is 55.5 Å². The van der Waals surface area contributed by atoms with E-state index in [1.165, 1.54) is 6.20 Å². The van der Waals surface area contributed by atoms with Crippen molar-refractivity contribution >= 4 is 16.8 Å². The van der Waals surface area contributed by atoms with E-state index in [0.717, 1.165) is 31.2 Å². The van der Waals surface area contributed by atoms with Crippen molar-refractivity contribution in [1.29, 1.82) is 0 Å². The molecule has 1 aliphatic carbocycles. The van der Waals surface area contributed by atoms with Crippen LogP contribution in [0.25, 0.3) is 22.0 Å². The van der Waals surface area contributed by atoms with Crippen LogP contribution in [0.1, 0.15) is 42.2 Å². The predicted molar refractivity (Wildman–Crippen MR) is 96.9 cm³/mol. The van der Waals surface area contributed by atoms with Gasteiger partial charge in [0, 0.05) is 23.2 Å². The summed E-state index contributed by atoms with van der Waals surface area (Å²) in [6, 6.07) is 9.18. The molecule has 0 aliphatic heterocycles. The fourth-order valence-corrected chi connectivity index (χ4v) is 3.72. The highest BCUT2D eigenvalue weighted by molar-refractivity contribution is 6.05. The van der Waals surface area contributed by atoms with Crippen LogP contribution in [0.15, 0.2) is 36.5 Å². The first kappa shape index (κ1) is 16.7. The summed E-state index contributed by atoms with van der Waals surface area (Å²) >= 11 is 0. The molecule has 1 amide bonds. The number of pyridine rings is 1. The van der Waals surface area contributed by atoms with E-state index >= 15 is 0 Å². The third-order valence-corrected chi connectivity index (χ3v) is 5.10. The highest BCUT2D eigenvalue weighted by Gasteiger charge is 2.25. The topological polar surface area (TPSA) is 99.8 Å². The van der Waals surface area contributed by atoms with Crippen LogP contribution in [0.3, 0.4) is 0 Å². The number of carbonyl (C=O) groups is 1. The summed E-state index contributed by atoms with van der Waals surface area (Å²) in [4.78, 5) is 15.6. The lowest BCUT2D eigenvalue weighted by molar-refractivity contribution is 0.0995. The van der Waals surface area contributed by atoms with E-state index in [0.29, 0.717) is 16.5 Å². The van der Waals surface area contributed by atoms with E-state index in [1.807, 2.05) is 16.8 Å². The summed E-state index contributed by atoms with van der Waals surface area (Å²) in [6.07, 6.45) is 5.08. The number of amides is 1. The van der Waals surface area contributed by atoms with Gasteiger partial charge in [0.05, 0.1) is 11.6 Å². The van der Waals surface area contributed by atoms with Gasteiger partial charge in [-0.15, -0.1) is 0 Å². The molecule has 4 N–H and O–H groups in total. The summed E-state index contributed by atoms with van der Waals surface area (Å²) < 4.78 is 15.9. The zero-order chi connectivity index (χ0) is 18.3. The average Bonchev–Trinajstić information content (AvgIpc) is 3.02. The molecule has 0 radical (unpaired) electrons. The number of nitrogens with two attached hydrogens (primary N) is 2. The summed E-state index contributed by atoms with van der Waals surface area (Å²) in [7, 11) is 0. The third kappa shape index (κ3) is 2.84. The number of fused-ring (bicyclic) bond motifs is 1. The van der Waals surface area contributed by atoms with Gasteiger partial charge < -0.3 is 11.5 Å². The van der Waals surface area contributed by atoms with Crippen LogP contribution in [0.4, 0.5) is 4.39 Å². The van der Waals surface area contributed by atoms with Crippen LogP contribution in [-0.2, 0) is 0 Å². The van der Waals surface area contributed by atoms with Crippen LogP contribution in [0.2, 0.25) is 0 Å². The molecule has 6 nitrogen and oxygen atoms in total. The molecule has 134 valence electrons. The SMILES string of the molecule is NC(=O)c1nn(C2CCC(N)CC2)c2ccc(-c3cccnc3F)cc12. The second-order valence-corrected chi connectivity index (χ2v) is 6.80. The standard InChI is InChI=1S/C19H20FN5O/c20-18-14(2-1-9-23-18)11-3-8-16-15(10-11)17(19(22)26)24-25(16)13-6-4-12(21)5-7-13/h1-3,8-10,12-13H,4-7,21H2,(H2,22,26). The van der Waals surface area contributed by atoms with Crippen molar-refractivity contribution in [3.8, 4) is 11.1 Å². The van der Waals surface area contributed by atoms with Gasteiger partial charge in [0.2, 0.25) is 5.95 Å². The van der Waals surface area contributed by atoms with Gasteiger partial charge in [0.1, 0.15) is 0 Å². The molecule has 3 aromatic rings. The number of carbonyl (C=O) groups excluding carboxylic acids is 1. The monoisotopic (exact) mass is 353 g/mol. The van der Waals surface area contributed by atoms with E-state index in [9.17, 15) is 9.18 Å². The number of rotatable bonds is 3. The van der Waals surface area contributed by atoms with E-state index < -0.39 is 11.9 Å². The van der Waals surface area contributed by atoms with Crippen LogP contribution in [-0.4, -0.2) is 26.7 Å². The van der Waals surface area contributed by atoms with Gasteiger partial charge in [-0.2, -0.15) is 9.49 Å². The molecule has 26 heavy (non-hydrogen) atoms. The maximum absolute atomic E-state index is 14.0. The average molecular weight is 353 g/mol. The molecule has 0 spiro atoms. The van der Waals surface area contributed by atoms with Crippen LogP contribution in [0.5, 0.6) is 0 Å². The van der Waals surface area contributed by atoms with Gasteiger partial charge >= 0.3 is 0 Å². The van der Waals surface area contributed by atoms with Crippen molar-refractivity contribution in [2.75, 3.05) is 0 Å². The van der Waals surface area contributed by atoms with Gasteiger partial charge in [-0.1, -0.05) is 6.07 Å². The quantitative estimate of drug-likeness (QED) is 0.707. The fourth-order valence-electron chi connectivity index (χ4n) is 3.72. The van der Waals surface area contributed by atoms with Crippen molar-refractivity contribution in [2.45, 2.75) is 37.8 Å². The number of benzene rings is 1. The zero-order valence-corrected chi connectivity index (χ0v) is 14.2. The number of primary amides is 1. The van der Waals surface area contributed by atoms with Crippen molar-refractivity contribution < 1.29 is 9.18 Å². The minimum atomic E-state index is -0.593. The van der Waals surface area contributed by atoms with Crippen molar-refractivity contribution in [1.82, 2.24) is 14.8 Å². The first-order valence-electron chi connectivity index (χ1n) is 8.73. The molecule has 0 unspecified atom stereocenters. The molecule has 2 heterocycles. The Kier molecular flexibility index (Phi) is 4.16. The molecule has 1 fully saturated rings. The van der Waals surface area contributed by atoms with Crippen molar-refractivity contribution in [2.24, 2.45) is 11.5 Å². The van der Waals surface area contributed by atoms with E-state index in [-0.39, 0.29) is 17.8 Å². The minimum absolute atomic E-state index is 0.186. The van der Waals surface area contributed by atoms with Crippen LogP contribution < -0.4 is 11.5 Å². The Morgan fingerprint density at radius 2 is 1.96 bits per heavy atom. The van der Waals surface area contributed by atoms with E-state index in [2.05, 4.69) is 10.1 Å². The molecule has 1 saturated carbocycles. The van der Waals surface area contributed by atoms with Gasteiger partial charge in [0.25, 0.3) is 5.91 Å². The summed E-state index contributed by atoms with van der Waals surface area (Å²) in [5.41, 5.74) is 13.6. The number of hydrogen-bond donors (Lipinski definition) is 2. The van der Waals surface area contributed by atoms with Crippen molar-refractivity contribution in [3.05, 3.63) is 48.2 Å². The lowest BCUT2D eigenvalue weighted by Gasteiger charge is -2.26. The Hall–Kier alpha value is -2.80. The number of aromatic nitrogens is 3. The zero-order valence-electron chi connectivity index (χ0n) is 14.2.